The van der Waals surface area contributed by atoms with Crippen LogP contribution in [-0.2, 0) is 21.5 Å². The molecule has 2 N–H and O–H groups in total. The summed E-state index contributed by atoms with van der Waals surface area (Å²) >= 11 is 1.53. The van der Waals surface area contributed by atoms with Gasteiger partial charge in [0.2, 0.25) is 5.91 Å². The molecule has 140 valence electrons. The Morgan fingerprint density at radius 2 is 2.11 bits per heavy atom. The van der Waals surface area contributed by atoms with E-state index in [-0.39, 0.29) is 5.69 Å². The number of anilines is 1. The second-order valence-electron chi connectivity index (χ2n) is 6.51. The molecule has 27 heavy (non-hydrogen) atoms. The van der Waals surface area contributed by atoms with Crippen LogP contribution in [0.2, 0.25) is 0 Å². The Hall–Kier alpha value is -2.81. The highest BCUT2D eigenvalue weighted by molar-refractivity contribution is 7.10. The fraction of sp³-hybridized carbons (Fsp3) is 0.278. The molecule has 1 aromatic heterocycles. The van der Waals surface area contributed by atoms with Gasteiger partial charge in [0.05, 0.1) is 5.69 Å². The fourth-order valence-electron chi connectivity index (χ4n) is 3.61. The van der Waals surface area contributed by atoms with Crippen LogP contribution in [0, 0.1) is 11.6 Å². The first-order chi connectivity index (χ1) is 12.9. The van der Waals surface area contributed by atoms with Crippen molar-refractivity contribution >= 4 is 34.9 Å². The maximum atomic E-state index is 13.7. The molecule has 0 radical (unpaired) electrons. The van der Waals surface area contributed by atoms with Gasteiger partial charge in [-0.05, 0) is 42.8 Å². The number of fused-ring (bicyclic) bond motifs is 2. The first-order valence-corrected chi connectivity index (χ1v) is 9.24. The molecule has 1 atom stereocenters. The minimum Gasteiger partial charge on any atom is -0.322 e. The Bertz CT molecular complexity index is 961. The molecular weight excluding hydrogens is 376 g/mol. The van der Waals surface area contributed by atoms with Gasteiger partial charge in [-0.1, -0.05) is 0 Å². The Morgan fingerprint density at radius 1 is 1.30 bits per heavy atom. The zero-order valence-corrected chi connectivity index (χ0v) is 14.9. The maximum absolute atomic E-state index is 13.7. The molecule has 6 nitrogen and oxygen atoms in total. The molecule has 2 heterocycles. The molecule has 4 amide bonds. The third-order valence-corrected chi connectivity index (χ3v) is 5.82. The summed E-state index contributed by atoms with van der Waals surface area (Å²) in [6.07, 6.45) is 2.04. The monoisotopic (exact) mass is 391 g/mol. The third-order valence-electron chi connectivity index (χ3n) is 4.84. The minimum atomic E-state index is -1.14. The number of halogens is 2. The van der Waals surface area contributed by atoms with Crippen LogP contribution in [0.4, 0.5) is 19.3 Å². The zero-order valence-electron chi connectivity index (χ0n) is 14.1. The predicted molar refractivity (Wildman–Crippen MR) is 94.2 cm³/mol. The lowest BCUT2D eigenvalue weighted by molar-refractivity contribution is -0.134. The van der Waals surface area contributed by atoms with Gasteiger partial charge in [0.15, 0.2) is 0 Å². The molecule has 1 spiro atoms. The van der Waals surface area contributed by atoms with E-state index in [9.17, 15) is 23.2 Å². The Balaban J connectivity index is 1.54. The average molecular weight is 391 g/mol. The number of hydrogen-bond acceptors (Lipinski definition) is 4. The van der Waals surface area contributed by atoms with Crippen molar-refractivity contribution in [2.75, 3.05) is 11.9 Å². The number of urea groups is 1. The molecule has 2 aliphatic rings. The highest BCUT2D eigenvalue weighted by Gasteiger charge is 2.54. The number of rotatable bonds is 3. The van der Waals surface area contributed by atoms with Crippen LogP contribution in [0.3, 0.4) is 0 Å². The molecule has 9 heteroatoms. The van der Waals surface area contributed by atoms with E-state index in [0.717, 1.165) is 46.4 Å². The Kier molecular flexibility index (Phi) is 4.18. The van der Waals surface area contributed by atoms with Crippen molar-refractivity contribution in [2.24, 2.45) is 0 Å². The molecule has 4 rings (SSSR count). The van der Waals surface area contributed by atoms with Gasteiger partial charge in [0.25, 0.3) is 5.91 Å². The van der Waals surface area contributed by atoms with E-state index in [1.165, 1.54) is 11.3 Å². The number of amides is 4. The molecule has 1 aliphatic heterocycles. The summed E-state index contributed by atoms with van der Waals surface area (Å²) in [6, 6.07) is 3.79. The van der Waals surface area contributed by atoms with Crippen LogP contribution in [0.5, 0.6) is 0 Å². The van der Waals surface area contributed by atoms with Crippen LogP contribution in [0.1, 0.15) is 23.3 Å². The summed E-state index contributed by atoms with van der Waals surface area (Å²) in [6.45, 7) is -0.582. The summed E-state index contributed by atoms with van der Waals surface area (Å²) < 4.78 is 26.9. The van der Waals surface area contributed by atoms with E-state index < -0.39 is 41.6 Å². The van der Waals surface area contributed by atoms with Gasteiger partial charge in [0.1, 0.15) is 23.7 Å². The number of benzene rings is 1. The number of hydrogen-bond donors (Lipinski definition) is 2. The topological polar surface area (TPSA) is 78.5 Å². The van der Waals surface area contributed by atoms with Crippen LogP contribution >= 0.6 is 11.3 Å². The molecule has 1 fully saturated rings. The molecule has 0 bridgehead atoms. The molecule has 2 aromatic rings. The highest BCUT2D eigenvalue weighted by Crippen LogP contribution is 2.42. The van der Waals surface area contributed by atoms with E-state index in [1.54, 1.807) is 0 Å². The second-order valence-corrected chi connectivity index (χ2v) is 7.51. The predicted octanol–water partition coefficient (Wildman–Crippen LogP) is 2.75. The van der Waals surface area contributed by atoms with Gasteiger partial charge in [0, 0.05) is 16.5 Å². The number of carbonyl (C=O) groups is 3. The second kappa shape index (κ2) is 6.41. The van der Waals surface area contributed by atoms with Crippen molar-refractivity contribution in [3.63, 3.8) is 0 Å². The number of carbonyl (C=O) groups excluding carboxylic acids is 3. The number of aryl methyl sites for hydroxylation is 1. The van der Waals surface area contributed by atoms with Gasteiger partial charge in [-0.15, -0.1) is 11.3 Å². The quantitative estimate of drug-likeness (QED) is 0.790. The minimum absolute atomic E-state index is 0.348. The third kappa shape index (κ3) is 2.87. The molecule has 0 unspecified atom stereocenters. The lowest BCUT2D eigenvalue weighted by atomic mass is 9.80. The first-order valence-electron chi connectivity index (χ1n) is 8.36. The van der Waals surface area contributed by atoms with Gasteiger partial charge < -0.3 is 10.6 Å². The lowest BCUT2D eigenvalue weighted by Crippen LogP contribution is -2.46. The van der Waals surface area contributed by atoms with Crippen LogP contribution in [0.25, 0.3) is 0 Å². The van der Waals surface area contributed by atoms with E-state index in [2.05, 4.69) is 10.6 Å². The van der Waals surface area contributed by atoms with E-state index >= 15 is 0 Å². The summed E-state index contributed by atoms with van der Waals surface area (Å²) in [7, 11) is 0. The lowest BCUT2D eigenvalue weighted by Gasteiger charge is -2.31. The SMILES string of the molecule is O=C(CN1C(=O)N[C@@]2(CCCc3sccc32)C1=O)Nc1cc(F)ccc1F. The number of nitrogens with one attached hydrogen (secondary N) is 2. The normalized spacial score (nSPS) is 21.3. The number of nitrogens with zero attached hydrogens (tertiary/aromatic N) is 1. The van der Waals surface area contributed by atoms with E-state index in [4.69, 9.17) is 0 Å². The van der Waals surface area contributed by atoms with Crippen molar-refractivity contribution in [3.8, 4) is 0 Å². The summed E-state index contributed by atoms with van der Waals surface area (Å²) in [5.41, 5.74) is -0.717. The van der Waals surface area contributed by atoms with E-state index in [1.807, 2.05) is 11.4 Å². The van der Waals surface area contributed by atoms with Gasteiger partial charge >= 0.3 is 6.03 Å². The van der Waals surface area contributed by atoms with Crippen LogP contribution < -0.4 is 10.6 Å². The molecule has 1 aliphatic carbocycles. The molecule has 1 saturated heterocycles. The van der Waals surface area contributed by atoms with Gasteiger partial charge in [-0.2, -0.15) is 0 Å². The molecule has 0 saturated carbocycles. The molecular formula is C18H15F2N3O3S. The van der Waals surface area contributed by atoms with Crippen molar-refractivity contribution in [1.29, 1.82) is 0 Å². The fourth-order valence-corrected chi connectivity index (χ4v) is 4.61. The van der Waals surface area contributed by atoms with Gasteiger partial charge in [-0.25, -0.2) is 13.6 Å². The van der Waals surface area contributed by atoms with Crippen LogP contribution in [0.15, 0.2) is 29.6 Å². The summed E-state index contributed by atoms with van der Waals surface area (Å²) in [4.78, 5) is 39.5. The van der Waals surface area contributed by atoms with E-state index in [0.29, 0.717) is 6.42 Å². The average Bonchev–Trinajstić information content (AvgIpc) is 3.19. The zero-order chi connectivity index (χ0) is 19.2. The van der Waals surface area contributed by atoms with Gasteiger partial charge in [-0.3, -0.25) is 14.5 Å². The number of imide groups is 1. The number of thiophene rings is 1. The maximum Gasteiger partial charge on any atom is 0.325 e. The Morgan fingerprint density at radius 3 is 2.93 bits per heavy atom. The summed E-state index contributed by atoms with van der Waals surface area (Å²) in [5, 5.41) is 6.80. The first kappa shape index (κ1) is 17.6. The highest BCUT2D eigenvalue weighted by atomic mass is 32.1. The Labute approximate surface area is 157 Å². The summed E-state index contributed by atoms with van der Waals surface area (Å²) in [5.74, 6) is -2.82. The van der Waals surface area contributed by atoms with Crippen molar-refractivity contribution < 1.29 is 23.2 Å². The van der Waals surface area contributed by atoms with Crippen molar-refractivity contribution in [3.05, 3.63) is 51.7 Å². The van der Waals surface area contributed by atoms with Crippen molar-refractivity contribution in [2.45, 2.75) is 24.8 Å². The largest absolute Gasteiger partial charge is 0.325 e. The molecule has 1 aromatic carbocycles. The van der Waals surface area contributed by atoms with Crippen molar-refractivity contribution in [1.82, 2.24) is 10.2 Å². The van der Waals surface area contributed by atoms with Crippen LogP contribution in [-0.4, -0.2) is 29.3 Å². The standard InChI is InChI=1S/C18H15F2N3O3S/c19-10-3-4-12(20)13(8-10)21-15(24)9-23-16(25)18(22-17(23)26)6-1-2-14-11(18)5-7-27-14/h3-5,7-8H,1-2,6,9H2,(H,21,24)(H,22,26)/t18-/m1/s1. The smallest absolute Gasteiger partial charge is 0.322 e.